The second-order valence-corrected chi connectivity index (χ2v) is 6.31. The van der Waals surface area contributed by atoms with Gasteiger partial charge in [0.05, 0.1) is 5.69 Å². The van der Waals surface area contributed by atoms with Crippen LogP contribution in [-0.2, 0) is 0 Å². The maximum Gasteiger partial charge on any atom is 0.279 e. The van der Waals surface area contributed by atoms with Gasteiger partial charge in [-0.3, -0.25) is 9.59 Å². The number of carbonyl (C=O) groups excluding carboxylic acids is 2. The molecule has 1 aromatic heterocycles. The number of halogens is 1. The van der Waals surface area contributed by atoms with Gasteiger partial charge in [-0.25, -0.2) is 4.68 Å². The minimum atomic E-state index is -0.398. The molecule has 1 heterocycles. The quantitative estimate of drug-likeness (QED) is 0.673. The molecular formula is C17H12ClN3O2S. The van der Waals surface area contributed by atoms with Gasteiger partial charge >= 0.3 is 0 Å². The summed E-state index contributed by atoms with van der Waals surface area (Å²) in [4.78, 5) is 28.4. The predicted octanol–water partition coefficient (Wildman–Crippen LogP) is 3.53. The summed E-state index contributed by atoms with van der Waals surface area (Å²) >= 11 is 7.08. The molecule has 0 radical (unpaired) electrons. The first-order chi connectivity index (χ1) is 11.5. The van der Waals surface area contributed by atoms with Crippen LogP contribution >= 0.6 is 22.9 Å². The average Bonchev–Trinajstić information content (AvgIpc) is 3.00. The molecule has 3 rings (SSSR count). The van der Waals surface area contributed by atoms with E-state index in [2.05, 4.69) is 10.1 Å². The summed E-state index contributed by atoms with van der Waals surface area (Å²) in [5.74, 6) is -0.588. The number of aromatic nitrogens is 2. The summed E-state index contributed by atoms with van der Waals surface area (Å²) in [5.41, 5.74) is 1.10. The van der Waals surface area contributed by atoms with Crippen LogP contribution in [0.4, 0.5) is 0 Å². The normalized spacial score (nSPS) is 11.5. The van der Waals surface area contributed by atoms with Gasteiger partial charge < -0.3 is 0 Å². The van der Waals surface area contributed by atoms with Crippen LogP contribution < -0.4 is 4.80 Å². The van der Waals surface area contributed by atoms with E-state index >= 15 is 0 Å². The molecule has 0 saturated carbocycles. The van der Waals surface area contributed by atoms with Crippen LogP contribution in [0.2, 0.25) is 5.02 Å². The lowest BCUT2D eigenvalue weighted by atomic mass is 10.2. The Hall–Kier alpha value is -2.57. The molecule has 0 fully saturated rings. The van der Waals surface area contributed by atoms with Crippen molar-refractivity contribution in [1.29, 1.82) is 0 Å². The molecule has 24 heavy (non-hydrogen) atoms. The van der Waals surface area contributed by atoms with Crippen LogP contribution in [0.1, 0.15) is 27.1 Å². The third-order valence-corrected chi connectivity index (χ3v) is 4.38. The minimum Gasteiger partial charge on any atom is -0.292 e. The van der Waals surface area contributed by atoms with E-state index in [1.807, 2.05) is 6.07 Å². The number of hydrogen-bond acceptors (Lipinski definition) is 4. The van der Waals surface area contributed by atoms with Gasteiger partial charge in [0.1, 0.15) is 0 Å². The Bertz CT molecular complexity index is 977. The van der Waals surface area contributed by atoms with Crippen molar-refractivity contribution in [2.45, 2.75) is 6.92 Å². The molecular weight excluding hydrogens is 346 g/mol. The highest BCUT2D eigenvalue weighted by Crippen LogP contribution is 2.14. The van der Waals surface area contributed by atoms with Gasteiger partial charge in [-0.05, 0) is 30.3 Å². The standard InChI is InChI=1S/C17H12ClN3O2S/c1-11(22)16-20-21(14-9-5-8-13(18)10-14)17(24-16)19-15(23)12-6-3-2-4-7-12/h2-10H,1H3. The number of nitrogens with zero attached hydrogens (tertiary/aromatic N) is 3. The number of ketones is 1. The van der Waals surface area contributed by atoms with Crippen LogP contribution in [0.25, 0.3) is 5.69 Å². The van der Waals surface area contributed by atoms with Gasteiger partial charge in [-0.15, -0.1) is 0 Å². The Morgan fingerprint density at radius 3 is 2.54 bits per heavy atom. The summed E-state index contributed by atoms with van der Waals surface area (Å²) < 4.78 is 1.45. The van der Waals surface area contributed by atoms with E-state index in [-0.39, 0.29) is 10.8 Å². The van der Waals surface area contributed by atoms with Crippen molar-refractivity contribution in [3.63, 3.8) is 0 Å². The monoisotopic (exact) mass is 357 g/mol. The Labute approximate surface area is 146 Å². The molecule has 5 nitrogen and oxygen atoms in total. The lowest BCUT2D eigenvalue weighted by Gasteiger charge is -2.01. The number of benzene rings is 2. The highest BCUT2D eigenvalue weighted by molar-refractivity contribution is 7.11. The molecule has 0 saturated heterocycles. The Morgan fingerprint density at radius 2 is 1.88 bits per heavy atom. The van der Waals surface area contributed by atoms with Crippen LogP contribution in [0.3, 0.4) is 0 Å². The zero-order chi connectivity index (χ0) is 17.1. The summed E-state index contributed by atoms with van der Waals surface area (Å²) in [6, 6.07) is 15.7. The number of hydrogen-bond donors (Lipinski definition) is 0. The molecule has 7 heteroatoms. The first-order valence-electron chi connectivity index (χ1n) is 7.06. The fourth-order valence-electron chi connectivity index (χ4n) is 2.00. The van der Waals surface area contributed by atoms with Gasteiger partial charge in [0.15, 0.2) is 10.8 Å². The molecule has 0 N–H and O–H groups in total. The molecule has 0 bridgehead atoms. The van der Waals surface area contributed by atoms with Crippen molar-refractivity contribution in [3.8, 4) is 5.69 Å². The van der Waals surface area contributed by atoms with Crippen molar-refractivity contribution >= 4 is 34.6 Å². The molecule has 0 aliphatic rings. The molecule has 0 atom stereocenters. The highest BCUT2D eigenvalue weighted by atomic mass is 35.5. The second-order valence-electron chi connectivity index (χ2n) is 4.92. The van der Waals surface area contributed by atoms with Gasteiger partial charge in [0.25, 0.3) is 5.91 Å². The molecule has 0 aliphatic carbocycles. The van der Waals surface area contributed by atoms with Crippen LogP contribution in [0, 0.1) is 0 Å². The van der Waals surface area contributed by atoms with Gasteiger partial charge in [0, 0.05) is 17.5 Å². The van der Waals surface area contributed by atoms with Gasteiger partial charge in [0.2, 0.25) is 4.80 Å². The molecule has 2 aromatic carbocycles. The first-order valence-corrected chi connectivity index (χ1v) is 8.25. The third kappa shape index (κ3) is 3.50. The fourth-order valence-corrected chi connectivity index (χ4v) is 2.99. The summed E-state index contributed by atoms with van der Waals surface area (Å²) in [6.07, 6.45) is 0. The van der Waals surface area contributed by atoms with Gasteiger partial charge in [-0.1, -0.05) is 47.2 Å². The Balaban J connectivity index is 2.14. The lowest BCUT2D eigenvalue weighted by Crippen LogP contribution is -2.16. The average molecular weight is 358 g/mol. The van der Waals surface area contributed by atoms with E-state index in [1.165, 1.54) is 11.6 Å². The van der Waals surface area contributed by atoms with E-state index in [1.54, 1.807) is 48.5 Å². The molecule has 3 aromatic rings. The number of Topliss-reactive ketones (excluding diaryl/α,β-unsaturated/α-hetero) is 1. The molecule has 120 valence electrons. The summed E-state index contributed by atoms with van der Waals surface area (Å²) in [6.45, 7) is 1.42. The van der Waals surface area contributed by atoms with E-state index in [0.29, 0.717) is 21.1 Å². The van der Waals surface area contributed by atoms with Crippen LogP contribution in [0.15, 0.2) is 59.6 Å². The fraction of sp³-hybridized carbons (Fsp3) is 0.0588. The largest absolute Gasteiger partial charge is 0.292 e. The molecule has 1 amide bonds. The molecule has 0 spiro atoms. The van der Waals surface area contributed by atoms with Crippen molar-refractivity contribution in [3.05, 3.63) is 75.0 Å². The van der Waals surface area contributed by atoms with E-state index in [0.717, 1.165) is 11.3 Å². The van der Waals surface area contributed by atoms with Crippen molar-refractivity contribution in [2.75, 3.05) is 0 Å². The maximum atomic E-state index is 12.3. The number of amides is 1. The van der Waals surface area contributed by atoms with Crippen LogP contribution in [0.5, 0.6) is 0 Å². The lowest BCUT2D eigenvalue weighted by molar-refractivity contribution is 0.0994. The third-order valence-electron chi connectivity index (χ3n) is 3.13. The van der Waals surface area contributed by atoms with Crippen LogP contribution in [-0.4, -0.2) is 21.5 Å². The second kappa shape index (κ2) is 6.90. The number of rotatable bonds is 3. The molecule has 0 aliphatic heterocycles. The topological polar surface area (TPSA) is 64.3 Å². The SMILES string of the molecule is CC(=O)c1nn(-c2cccc(Cl)c2)c(=NC(=O)c2ccccc2)s1. The minimum absolute atomic E-state index is 0.190. The van der Waals surface area contributed by atoms with E-state index in [9.17, 15) is 9.59 Å². The zero-order valence-electron chi connectivity index (χ0n) is 12.6. The van der Waals surface area contributed by atoms with Crippen molar-refractivity contribution in [2.24, 2.45) is 4.99 Å². The summed E-state index contributed by atoms with van der Waals surface area (Å²) in [7, 11) is 0. The Morgan fingerprint density at radius 1 is 1.12 bits per heavy atom. The molecule has 0 unspecified atom stereocenters. The highest BCUT2D eigenvalue weighted by Gasteiger charge is 2.12. The van der Waals surface area contributed by atoms with Crippen molar-refractivity contribution in [1.82, 2.24) is 9.78 Å². The zero-order valence-corrected chi connectivity index (χ0v) is 14.2. The van der Waals surface area contributed by atoms with Gasteiger partial charge in [-0.2, -0.15) is 10.1 Å². The predicted molar refractivity (Wildman–Crippen MR) is 92.8 cm³/mol. The maximum absolute atomic E-state index is 12.3. The smallest absolute Gasteiger partial charge is 0.279 e. The van der Waals surface area contributed by atoms with Crippen molar-refractivity contribution < 1.29 is 9.59 Å². The Kier molecular flexibility index (Phi) is 4.69. The van der Waals surface area contributed by atoms with E-state index in [4.69, 9.17) is 11.6 Å². The first kappa shape index (κ1) is 16.3. The summed E-state index contributed by atoms with van der Waals surface area (Å²) in [5, 5.41) is 5.05. The van der Waals surface area contributed by atoms with E-state index < -0.39 is 5.91 Å². The number of carbonyl (C=O) groups is 2.